The molecule has 3 N–H and O–H groups in total. The fourth-order valence-corrected chi connectivity index (χ4v) is 3.04. The van der Waals surface area contributed by atoms with Crippen molar-refractivity contribution in [3.05, 3.63) is 23.8 Å². The summed E-state index contributed by atoms with van der Waals surface area (Å²) in [6.07, 6.45) is 2.06. The molecule has 0 radical (unpaired) electrons. The van der Waals surface area contributed by atoms with Gasteiger partial charge in [-0.1, -0.05) is 6.07 Å². The summed E-state index contributed by atoms with van der Waals surface area (Å²) in [7, 11) is 1.87. The zero-order valence-corrected chi connectivity index (χ0v) is 11.7. The van der Waals surface area contributed by atoms with Gasteiger partial charge in [0.2, 0.25) is 5.91 Å². The van der Waals surface area contributed by atoms with Crippen molar-refractivity contribution in [2.45, 2.75) is 31.4 Å². The second kappa shape index (κ2) is 5.42. The maximum atomic E-state index is 12.3. The first-order chi connectivity index (χ1) is 9.67. The number of benzene rings is 1. The predicted octanol–water partition coefficient (Wildman–Crippen LogP) is 1.05. The van der Waals surface area contributed by atoms with Crippen molar-refractivity contribution in [2.75, 3.05) is 30.8 Å². The number of aliphatic hydroxyl groups excluding tert-OH is 1. The van der Waals surface area contributed by atoms with Gasteiger partial charge in [-0.3, -0.25) is 9.69 Å². The Kier molecular flexibility index (Phi) is 3.63. The molecule has 5 nitrogen and oxygen atoms in total. The average molecular weight is 275 g/mol. The third kappa shape index (κ3) is 2.51. The zero-order valence-electron chi connectivity index (χ0n) is 11.7. The molecule has 108 valence electrons. The largest absolute Gasteiger partial charge is 0.393 e. The lowest BCUT2D eigenvalue weighted by Gasteiger charge is -2.37. The first-order valence-electron chi connectivity index (χ1n) is 7.21. The van der Waals surface area contributed by atoms with E-state index >= 15 is 0 Å². The number of carbonyl (C=O) groups is 1. The Hall–Kier alpha value is -1.59. The quantitative estimate of drug-likeness (QED) is 0.755. The van der Waals surface area contributed by atoms with Gasteiger partial charge in [-0.2, -0.15) is 0 Å². The van der Waals surface area contributed by atoms with Gasteiger partial charge in [0.1, 0.15) is 0 Å². The van der Waals surface area contributed by atoms with Crippen LogP contribution in [0.3, 0.4) is 0 Å². The number of hydrogen-bond acceptors (Lipinski definition) is 4. The zero-order chi connectivity index (χ0) is 14.1. The van der Waals surface area contributed by atoms with Crippen LogP contribution in [-0.4, -0.2) is 48.2 Å². The van der Waals surface area contributed by atoms with E-state index in [0.29, 0.717) is 0 Å². The van der Waals surface area contributed by atoms with E-state index in [9.17, 15) is 9.90 Å². The van der Waals surface area contributed by atoms with Gasteiger partial charge in [-0.15, -0.1) is 0 Å². The molecule has 0 saturated carbocycles. The molecule has 3 rings (SSSR count). The minimum atomic E-state index is -0.205. The number of hydrogen-bond donors (Lipinski definition) is 3. The molecule has 1 aromatic rings. The molecule has 1 saturated heterocycles. The van der Waals surface area contributed by atoms with E-state index in [-0.39, 0.29) is 18.1 Å². The Balaban J connectivity index is 1.77. The Morgan fingerprint density at radius 3 is 2.80 bits per heavy atom. The fourth-order valence-electron chi connectivity index (χ4n) is 3.04. The maximum absolute atomic E-state index is 12.3. The van der Waals surface area contributed by atoms with Crippen LogP contribution in [0.4, 0.5) is 11.4 Å². The topological polar surface area (TPSA) is 64.6 Å². The first kappa shape index (κ1) is 13.4. The number of nitrogens with one attached hydrogen (secondary N) is 2. The van der Waals surface area contributed by atoms with Crippen LogP contribution in [0, 0.1) is 0 Å². The Bertz CT molecular complexity index is 510. The summed E-state index contributed by atoms with van der Waals surface area (Å²) in [6, 6.07) is 5.98. The van der Waals surface area contributed by atoms with E-state index in [1.54, 1.807) is 0 Å². The van der Waals surface area contributed by atoms with Gasteiger partial charge in [-0.05, 0) is 37.0 Å². The van der Waals surface area contributed by atoms with Crippen molar-refractivity contribution in [3.8, 4) is 0 Å². The van der Waals surface area contributed by atoms with Crippen molar-refractivity contribution < 1.29 is 9.90 Å². The summed E-state index contributed by atoms with van der Waals surface area (Å²) in [5.41, 5.74) is 3.10. The molecule has 1 aromatic carbocycles. The van der Waals surface area contributed by atoms with Crippen LogP contribution in [0.25, 0.3) is 0 Å². The molecule has 1 amide bonds. The maximum Gasteiger partial charge on any atom is 0.242 e. The smallest absolute Gasteiger partial charge is 0.242 e. The molecule has 5 heteroatoms. The number of aliphatic hydroxyl groups is 1. The third-order valence-electron chi connectivity index (χ3n) is 4.31. The van der Waals surface area contributed by atoms with Crippen LogP contribution in [0.5, 0.6) is 0 Å². The monoisotopic (exact) mass is 275 g/mol. The molecular weight excluding hydrogens is 254 g/mol. The Morgan fingerprint density at radius 1 is 1.35 bits per heavy atom. The predicted molar refractivity (Wildman–Crippen MR) is 78.9 cm³/mol. The molecule has 0 aromatic heterocycles. The Morgan fingerprint density at radius 2 is 2.10 bits per heavy atom. The lowest BCUT2D eigenvalue weighted by molar-refractivity contribution is -0.122. The normalized spacial score (nSPS) is 24.1. The molecule has 1 fully saturated rings. The minimum Gasteiger partial charge on any atom is -0.393 e. The number of likely N-dealkylation sites (tertiary alicyclic amines) is 1. The molecule has 2 aliphatic heterocycles. The van der Waals surface area contributed by atoms with E-state index in [0.717, 1.165) is 43.7 Å². The van der Waals surface area contributed by atoms with Crippen LogP contribution in [0.15, 0.2) is 18.2 Å². The highest BCUT2D eigenvalue weighted by molar-refractivity contribution is 5.98. The van der Waals surface area contributed by atoms with E-state index in [4.69, 9.17) is 0 Å². The summed E-state index contributed by atoms with van der Waals surface area (Å²) < 4.78 is 0. The van der Waals surface area contributed by atoms with E-state index in [1.807, 2.05) is 19.2 Å². The van der Waals surface area contributed by atoms with E-state index in [1.165, 1.54) is 5.56 Å². The number of nitrogens with zero attached hydrogens (tertiary/aromatic N) is 1. The van der Waals surface area contributed by atoms with Crippen LogP contribution >= 0.6 is 0 Å². The molecule has 1 unspecified atom stereocenters. The van der Waals surface area contributed by atoms with Crippen molar-refractivity contribution >= 4 is 17.3 Å². The van der Waals surface area contributed by atoms with Gasteiger partial charge < -0.3 is 15.7 Å². The van der Waals surface area contributed by atoms with Crippen LogP contribution in [0.1, 0.15) is 18.4 Å². The first-order valence-corrected chi connectivity index (χ1v) is 7.21. The standard InChI is InChI=1S/C15H21N3O2/c1-16-11-3-2-10-8-14(15(20)17-13(10)9-11)18-6-4-12(19)5-7-18/h2-3,9,12,14,16,19H,4-8H2,1H3,(H,17,20). The van der Waals surface area contributed by atoms with Crippen molar-refractivity contribution in [3.63, 3.8) is 0 Å². The molecule has 2 heterocycles. The van der Waals surface area contributed by atoms with Crippen LogP contribution < -0.4 is 10.6 Å². The van der Waals surface area contributed by atoms with Crippen molar-refractivity contribution in [2.24, 2.45) is 0 Å². The number of fused-ring (bicyclic) bond motifs is 1. The number of carbonyl (C=O) groups excluding carboxylic acids is 1. The molecule has 2 aliphatic rings. The molecule has 0 aliphatic carbocycles. The van der Waals surface area contributed by atoms with Crippen LogP contribution in [0.2, 0.25) is 0 Å². The molecule has 1 atom stereocenters. The SMILES string of the molecule is CNc1ccc2c(c1)NC(=O)C(N1CCC(O)CC1)C2. The fraction of sp³-hybridized carbons (Fsp3) is 0.533. The minimum absolute atomic E-state index is 0.0714. The van der Waals surface area contributed by atoms with Gasteiger partial charge in [0.25, 0.3) is 0 Å². The van der Waals surface area contributed by atoms with E-state index < -0.39 is 0 Å². The summed E-state index contributed by atoms with van der Waals surface area (Å²) in [5.74, 6) is 0.0714. The molecule has 20 heavy (non-hydrogen) atoms. The highest BCUT2D eigenvalue weighted by atomic mass is 16.3. The van der Waals surface area contributed by atoms with Gasteiger partial charge in [-0.25, -0.2) is 0 Å². The summed E-state index contributed by atoms with van der Waals surface area (Å²) in [5, 5.41) is 15.7. The number of amides is 1. The second-order valence-electron chi connectivity index (χ2n) is 5.60. The van der Waals surface area contributed by atoms with Crippen molar-refractivity contribution in [1.82, 2.24) is 4.90 Å². The summed E-state index contributed by atoms with van der Waals surface area (Å²) in [4.78, 5) is 14.5. The van der Waals surface area contributed by atoms with Gasteiger partial charge in [0, 0.05) is 31.5 Å². The number of anilines is 2. The lowest BCUT2D eigenvalue weighted by Crippen LogP contribution is -2.51. The number of rotatable bonds is 2. The third-order valence-corrected chi connectivity index (χ3v) is 4.31. The van der Waals surface area contributed by atoms with Gasteiger partial charge in [0.05, 0.1) is 12.1 Å². The molecular formula is C15H21N3O2. The van der Waals surface area contributed by atoms with Gasteiger partial charge in [0.15, 0.2) is 0 Å². The summed E-state index contributed by atoms with van der Waals surface area (Å²) >= 11 is 0. The van der Waals surface area contributed by atoms with Gasteiger partial charge >= 0.3 is 0 Å². The average Bonchev–Trinajstić information content (AvgIpc) is 2.47. The van der Waals surface area contributed by atoms with Crippen molar-refractivity contribution in [1.29, 1.82) is 0 Å². The van der Waals surface area contributed by atoms with E-state index in [2.05, 4.69) is 21.6 Å². The highest BCUT2D eigenvalue weighted by Gasteiger charge is 2.33. The molecule has 0 bridgehead atoms. The summed E-state index contributed by atoms with van der Waals surface area (Å²) in [6.45, 7) is 1.59. The Labute approximate surface area is 119 Å². The molecule has 0 spiro atoms. The highest BCUT2D eigenvalue weighted by Crippen LogP contribution is 2.28. The lowest BCUT2D eigenvalue weighted by atomic mass is 9.95. The second-order valence-corrected chi connectivity index (χ2v) is 5.60. The number of piperidine rings is 1. The van der Waals surface area contributed by atoms with Crippen LogP contribution in [-0.2, 0) is 11.2 Å².